The molecule has 4 heteroatoms. The van der Waals surface area contributed by atoms with Gasteiger partial charge in [-0.25, -0.2) is 9.64 Å². The molecule has 2 N–H and O–H groups in total. The average molecular weight is 230 g/mol. The van der Waals surface area contributed by atoms with Crippen LogP contribution in [0.4, 0.5) is 5.69 Å². The van der Waals surface area contributed by atoms with Gasteiger partial charge in [-0.05, 0) is 24.6 Å². The van der Waals surface area contributed by atoms with Crippen molar-refractivity contribution in [2.75, 3.05) is 13.2 Å². The lowest BCUT2D eigenvalue weighted by Crippen LogP contribution is -2.07. The van der Waals surface area contributed by atoms with Crippen LogP contribution < -0.4 is 5.73 Å². The Balaban J connectivity index is 2.47. The number of benzene rings is 1. The molecule has 0 bridgehead atoms. The smallest absolute Gasteiger partial charge is 0.330 e. The summed E-state index contributed by atoms with van der Waals surface area (Å²) in [5, 5.41) is 0. The van der Waals surface area contributed by atoms with E-state index >= 15 is 0 Å². The monoisotopic (exact) mass is 230 g/mol. The van der Waals surface area contributed by atoms with Crippen molar-refractivity contribution in [2.24, 2.45) is 5.73 Å². The first kappa shape index (κ1) is 12.9. The van der Waals surface area contributed by atoms with E-state index in [-0.39, 0.29) is 5.97 Å². The van der Waals surface area contributed by atoms with Gasteiger partial charge in [0.05, 0.1) is 13.2 Å². The lowest BCUT2D eigenvalue weighted by atomic mass is 10.2. The van der Waals surface area contributed by atoms with Crippen LogP contribution in [0.2, 0.25) is 0 Å². The zero-order chi connectivity index (χ0) is 12.5. The third-order valence-corrected chi connectivity index (χ3v) is 2.03. The molecule has 0 amide bonds. The van der Waals surface area contributed by atoms with E-state index in [1.54, 1.807) is 30.3 Å². The van der Waals surface area contributed by atoms with Crippen molar-refractivity contribution in [3.63, 3.8) is 0 Å². The zero-order valence-corrected chi connectivity index (χ0v) is 9.43. The van der Waals surface area contributed by atoms with Crippen LogP contribution in [0.15, 0.2) is 30.3 Å². The minimum absolute atomic E-state index is 0.344. The van der Waals surface area contributed by atoms with Crippen LogP contribution in [-0.2, 0) is 9.53 Å². The molecule has 0 atom stereocenters. The van der Waals surface area contributed by atoms with Gasteiger partial charge in [0, 0.05) is 6.08 Å². The maximum atomic E-state index is 11.2. The maximum absolute atomic E-state index is 11.2. The van der Waals surface area contributed by atoms with Gasteiger partial charge in [-0.3, -0.25) is 0 Å². The van der Waals surface area contributed by atoms with Crippen molar-refractivity contribution in [1.82, 2.24) is 0 Å². The van der Waals surface area contributed by atoms with Crippen LogP contribution in [0.1, 0.15) is 12.0 Å². The number of carbonyl (C=O) groups is 1. The Kier molecular flexibility index (Phi) is 5.49. The van der Waals surface area contributed by atoms with E-state index in [1.165, 1.54) is 6.08 Å². The van der Waals surface area contributed by atoms with Crippen LogP contribution >= 0.6 is 0 Å². The Morgan fingerprint density at radius 2 is 2.12 bits per heavy atom. The van der Waals surface area contributed by atoms with Crippen molar-refractivity contribution >= 4 is 17.7 Å². The standard InChI is InChI=1S/C13H14N2O2/c1-15-12-6-3-11(4-7-12)5-8-13(16)17-10-2-9-14/h3-8H,2,9-10,14H2/b8-5+. The molecule has 0 saturated carbocycles. The highest BCUT2D eigenvalue weighted by Crippen LogP contribution is 2.13. The third-order valence-electron chi connectivity index (χ3n) is 2.03. The summed E-state index contributed by atoms with van der Waals surface area (Å²) in [6.45, 7) is 7.65. The van der Waals surface area contributed by atoms with Crippen molar-refractivity contribution in [3.05, 3.63) is 47.3 Å². The molecule has 0 aliphatic rings. The van der Waals surface area contributed by atoms with Crippen LogP contribution in [0.3, 0.4) is 0 Å². The predicted octanol–water partition coefficient (Wildman–Crippen LogP) is 2.14. The van der Waals surface area contributed by atoms with Gasteiger partial charge in [0.2, 0.25) is 0 Å². The first-order valence-electron chi connectivity index (χ1n) is 5.28. The molecule has 0 fully saturated rings. The maximum Gasteiger partial charge on any atom is 0.330 e. The van der Waals surface area contributed by atoms with E-state index < -0.39 is 0 Å². The van der Waals surface area contributed by atoms with E-state index in [9.17, 15) is 4.79 Å². The first-order chi connectivity index (χ1) is 8.26. The van der Waals surface area contributed by atoms with E-state index in [4.69, 9.17) is 17.0 Å². The molecular weight excluding hydrogens is 216 g/mol. The summed E-state index contributed by atoms with van der Waals surface area (Å²) in [6.07, 6.45) is 3.68. The molecule has 0 spiro atoms. The molecule has 0 heterocycles. The summed E-state index contributed by atoms with van der Waals surface area (Å²) in [6, 6.07) is 6.95. The summed E-state index contributed by atoms with van der Waals surface area (Å²) in [7, 11) is 0. The number of esters is 1. The van der Waals surface area contributed by atoms with Gasteiger partial charge in [-0.1, -0.05) is 24.3 Å². The molecule has 1 aromatic rings. The van der Waals surface area contributed by atoms with E-state index in [0.717, 1.165) is 5.56 Å². The molecule has 4 nitrogen and oxygen atoms in total. The normalized spacial score (nSPS) is 10.1. The molecular formula is C13H14N2O2. The summed E-state index contributed by atoms with van der Waals surface area (Å²) >= 11 is 0. The molecule has 1 aromatic carbocycles. The number of nitrogens with two attached hydrogens (primary N) is 1. The highest BCUT2D eigenvalue weighted by atomic mass is 16.5. The highest BCUT2D eigenvalue weighted by molar-refractivity contribution is 5.87. The molecule has 88 valence electrons. The third kappa shape index (κ3) is 4.96. The zero-order valence-electron chi connectivity index (χ0n) is 9.43. The molecule has 0 aromatic heterocycles. The lowest BCUT2D eigenvalue weighted by Gasteiger charge is -1.99. The Morgan fingerprint density at radius 3 is 2.71 bits per heavy atom. The number of hydrogen-bond acceptors (Lipinski definition) is 3. The number of ether oxygens (including phenoxy) is 1. The van der Waals surface area contributed by atoms with Crippen molar-refractivity contribution in [1.29, 1.82) is 0 Å². The number of rotatable bonds is 5. The van der Waals surface area contributed by atoms with Crippen molar-refractivity contribution in [3.8, 4) is 0 Å². The van der Waals surface area contributed by atoms with Gasteiger partial charge in [-0.15, -0.1) is 0 Å². The molecule has 0 aliphatic heterocycles. The van der Waals surface area contributed by atoms with Crippen molar-refractivity contribution < 1.29 is 9.53 Å². The van der Waals surface area contributed by atoms with Gasteiger partial charge in [0.1, 0.15) is 0 Å². The van der Waals surface area contributed by atoms with Gasteiger partial charge in [0.25, 0.3) is 0 Å². The number of carbonyl (C=O) groups excluding carboxylic acids is 1. The summed E-state index contributed by atoms with van der Waals surface area (Å²) in [5.74, 6) is -0.382. The van der Waals surface area contributed by atoms with Crippen molar-refractivity contribution in [2.45, 2.75) is 6.42 Å². The Bertz CT molecular complexity index is 430. The van der Waals surface area contributed by atoms with Crippen LogP contribution in [0, 0.1) is 6.57 Å². The highest BCUT2D eigenvalue weighted by Gasteiger charge is 1.96. The van der Waals surface area contributed by atoms with Gasteiger partial charge in [0.15, 0.2) is 5.69 Å². The van der Waals surface area contributed by atoms with E-state index in [2.05, 4.69) is 4.85 Å². The summed E-state index contributed by atoms with van der Waals surface area (Å²) in [5.41, 5.74) is 6.70. The topological polar surface area (TPSA) is 56.7 Å². The second-order valence-electron chi connectivity index (χ2n) is 3.35. The number of hydrogen-bond donors (Lipinski definition) is 1. The minimum atomic E-state index is -0.382. The van der Waals surface area contributed by atoms with Crippen LogP contribution in [0.25, 0.3) is 10.9 Å². The van der Waals surface area contributed by atoms with Crippen LogP contribution in [0.5, 0.6) is 0 Å². The largest absolute Gasteiger partial charge is 0.462 e. The van der Waals surface area contributed by atoms with Gasteiger partial charge < -0.3 is 10.5 Å². The minimum Gasteiger partial charge on any atom is -0.462 e. The summed E-state index contributed by atoms with van der Waals surface area (Å²) in [4.78, 5) is 14.5. The first-order valence-corrected chi connectivity index (χ1v) is 5.28. The Labute approximate surface area is 101 Å². The molecule has 17 heavy (non-hydrogen) atoms. The number of nitrogens with zero attached hydrogens (tertiary/aromatic N) is 1. The molecule has 0 radical (unpaired) electrons. The predicted molar refractivity (Wildman–Crippen MR) is 66.4 cm³/mol. The Hall–Kier alpha value is -2.12. The lowest BCUT2D eigenvalue weighted by molar-refractivity contribution is -0.137. The van der Waals surface area contributed by atoms with E-state index in [1.807, 2.05) is 0 Å². The second-order valence-corrected chi connectivity index (χ2v) is 3.35. The van der Waals surface area contributed by atoms with Gasteiger partial charge in [-0.2, -0.15) is 0 Å². The fraction of sp³-hybridized carbons (Fsp3) is 0.231. The second kappa shape index (κ2) is 7.20. The fourth-order valence-electron chi connectivity index (χ4n) is 1.13. The molecule has 0 unspecified atom stereocenters. The molecule has 1 rings (SSSR count). The van der Waals surface area contributed by atoms with Crippen LogP contribution in [-0.4, -0.2) is 19.1 Å². The SMILES string of the molecule is [C-]#[N+]c1ccc(/C=C/C(=O)OCCCN)cc1. The average Bonchev–Trinajstić information content (AvgIpc) is 2.37. The van der Waals surface area contributed by atoms with E-state index in [0.29, 0.717) is 25.3 Å². The molecule has 0 saturated heterocycles. The van der Waals surface area contributed by atoms with Gasteiger partial charge >= 0.3 is 5.97 Å². The molecule has 0 aliphatic carbocycles. The quantitative estimate of drug-likeness (QED) is 0.365. The Morgan fingerprint density at radius 1 is 1.41 bits per heavy atom. The fourth-order valence-corrected chi connectivity index (χ4v) is 1.13. The summed E-state index contributed by atoms with van der Waals surface area (Å²) < 4.78 is 4.89.